The minimum atomic E-state index is -0.923. The van der Waals surface area contributed by atoms with Crippen LogP contribution < -0.4 is 4.74 Å². The molecule has 0 radical (unpaired) electrons. The van der Waals surface area contributed by atoms with Crippen LogP contribution in [0.15, 0.2) is 49.1 Å². The highest BCUT2D eigenvalue weighted by atomic mass is 19.2. The van der Waals surface area contributed by atoms with E-state index in [9.17, 15) is 8.78 Å². The van der Waals surface area contributed by atoms with Crippen LogP contribution in [0.1, 0.15) is 56.9 Å². The Morgan fingerprint density at radius 3 is 2.26 bits per heavy atom. The molecule has 1 saturated heterocycles. The van der Waals surface area contributed by atoms with Gasteiger partial charge in [0.25, 0.3) is 0 Å². The smallest absolute Gasteiger partial charge is 0.201 e. The van der Waals surface area contributed by atoms with Crippen LogP contribution in [-0.4, -0.2) is 19.3 Å². The Balaban J connectivity index is 1.37. The number of hydrogen-bond acceptors (Lipinski definition) is 2. The van der Waals surface area contributed by atoms with Gasteiger partial charge >= 0.3 is 0 Å². The number of hydrogen-bond donors (Lipinski definition) is 0. The summed E-state index contributed by atoms with van der Waals surface area (Å²) in [6.07, 6.45) is 9.32. The van der Waals surface area contributed by atoms with Gasteiger partial charge < -0.3 is 9.47 Å². The highest BCUT2D eigenvalue weighted by Gasteiger charge is 2.31. The monoisotopic (exact) mass is 426 g/mol. The van der Waals surface area contributed by atoms with Gasteiger partial charge in [-0.1, -0.05) is 30.3 Å². The molecule has 1 aliphatic heterocycles. The molecule has 2 aliphatic rings. The first kappa shape index (κ1) is 22.0. The van der Waals surface area contributed by atoms with Crippen molar-refractivity contribution in [2.24, 2.45) is 11.8 Å². The molecule has 0 bridgehead atoms. The number of benzene rings is 2. The van der Waals surface area contributed by atoms with Crippen molar-refractivity contribution in [2.45, 2.75) is 57.5 Å². The maximum Gasteiger partial charge on any atom is 0.201 e. The lowest BCUT2D eigenvalue weighted by molar-refractivity contribution is -0.0147. The van der Waals surface area contributed by atoms with Crippen LogP contribution >= 0.6 is 0 Å². The number of halogens is 2. The van der Waals surface area contributed by atoms with E-state index in [-0.39, 0.29) is 17.4 Å². The zero-order chi connectivity index (χ0) is 21.8. The van der Waals surface area contributed by atoms with Gasteiger partial charge in [-0.25, -0.2) is 4.39 Å². The first-order chi connectivity index (χ1) is 15.1. The molecule has 2 nitrogen and oxygen atoms in total. The molecule has 2 aromatic carbocycles. The fourth-order valence-electron chi connectivity index (χ4n) is 5.23. The third kappa shape index (κ3) is 4.85. The lowest BCUT2D eigenvalue weighted by Crippen LogP contribution is -2.31. The molecule has 2 fully saturated rings. The summed E-state index contributed by atoms with van der Waals surface area (Å²) in [5.41, 5.74) is 2.25. The average Bonchev–Trinajstić information content (AvgIpc) is 2.83. The summed E-state index contributed by atoms with van der Waals surface area (Å²) in [5, 5.41) is 0. The Morgan fingerprint density at radius 2 is 1.65 bits per heavy atom. The van der Waals surface area contributed by atoms with Crippen molar-refractivity contribution in [3.05, 3.63) is 66.3 Å². The average molecular weight is 427 g/mol. The number of ether oxygens (including phenoxy) is 2. The molecule has 1 saturated carbocycles. The van der Waals surface area contributed by atoms with Gasteiger partial charge in [-0.3, -0.25) is 0 Å². The van der Waals surface area contributed by atoms with E-state index in [2.05, 4.69) is 18.7 Å². The molecule has 4 rings (SSSR count). The highest BCUT2D eigenvalue weighted by molar-refractivity contribution is 5.65. The second-order valence-corrected chi connectivity index (χ2v) is 8.85. The predicted octanol–water partition coefficient (Wildman–Crippen LogP) is 7.29. The minimum absolute atomic E-state index is 0.0412. The van der Waals surface area contributed by atoms with E-state index in [0.29, 0.717) is 24.0 Å². The summed E-state index contributed by atoms with van der Waals surface area (Å²) in [6.45, 7) is 6.76. The van der Waals surface area contributed by atoms with Crippen LogP contribution in [0.3, 0.4) is 0 Å². The zero-order valence-electron chi connectivity index (χ0n) is 18.3. The molecule has 2 atom stereocenters. The van der Waals surface area contributed by atoms with Crippen LogP contribution in [0.5, 0.6) is 5.75 Å². The molecule has 0 aromatic heterocycles. The molecule has 1 heterocycles. The molecule has 0 spiro atoms. The molecular formula is C27H32F2O2. The van der Waals surface area contributed by atoms with E-state index in [1.807, 2.05) is 18.2 Å². The summed E-state index contributed by atoms with van der Waals surface area (Å²) in [5.74, 6) is 0.151. The predicted molar refractivity (Wildman–Crippen MR) is 120 cm³/mol. The van der Waals surface area contributed by atoms with Crippen molar-refractivity contribution in [1.82, 2.24) is 0 Å². The quantitative estimate of drug-likeness (QED) is 0.452. The van der Waals surface area contributed by atoms with Gasteiger partial charge in [0, 0.05) is 5.56 Å². The van der Waals surface area contributed by atoms with Crippen molar-refractivity contribution in [2.75, 3.05) is 13.2 Å². The van der Waals surface area contributed by atoms with E-state index < -0.39 is 11.6 Å². The molecule has 2 unspecified atom stereocenters. The first-order valence-electron chi connectivity index (χ1n) is 11.6. The van der Waals surface area contributed by atoms with Crippen molar-refractivity contribution >= 4 is 0 Å². The SMILES string of the molecule is C=CC1CCC(C2CCC(c3ccc(-c4ccc(OCC)c(F)c4F)cc3)CC2)CO1. The normalized spacial score (nSPS) is 26.4. The van der Waals surface area contributed by atoms with Crippen LogP contribution in [0, 0.1) is 23.5 Å². The fourth-order valence-corrected chi connectivity index (χ4v) is 5.23. The molecule has 1 aliphatic carbocycles. The largest absolute Gasteiger partial charge is 0.491 e. The van der Waals surface area contributed by atoms with Gasteiger partial charge in [0.1, 0.15) is 0 Å². The molecule has 0 amide bonds. The second-order valence-electron chi connectivity index (χ2n) is 8.85. The van der Waals surface area contributed by atoms with E-state index >= 15 is 0 Å². The Labute approximate surface area is 184 Å². The van der Waals surface area contributed by atoms with Gasteiger partial charge in [-0.15, -0.1) is 6.58 Å². The van der Waals surface area contributed by atoms with Crippen LogP contribution in [0.25, 0.3) is 11.1 Å². The summed E-state index contributed by atoms with van der Waals surface area (Å²) < 4.78 is 39.8. The summed E-state index contributed by atoms with van der Waals surface area (Å²) >= 11 is 0. The third-order valence-corrected chi connectivity index (χ3v) is 7.09. The van der Waals surface area contributed by atoms with Gasteiger partial charge in [0.15, 0.2) is 11.6 Å². The van der Waals surface area contributed by atoms with Gasteiger partial charge in [-0.2, -0.15) is 4.39 Å². The van der Waals surface area contributed by atoms with E-state index in [0.717, 1.165) is 18.9 Å². The first-order valence-corrected chi connectivity index (χ1v) is 11.6. The van der Waals surface area contributed by atoms with Crippen LogP contribution in [0.2, 0.25) is 0 Å². The van der Waals surface area contributed by atoms with Gasteiger partial charge in [0.2, 0.25) is 5.82 Å². The van der Waals surface area contributed by atoms with Gasteiger partial charge in [0.05, 0.1) is 19.3 Å². The highest BCUT2D eigenvalue weighted by Crippen LogP contribution is 2.42. The van der Waals surface area contributed by atoms with Crippen LogP contribution in [0.4, 0.5) is 8.78 Å². The van der Waals surface area contributed by atoms with Crippen molar-refractivity contribution < 1.29 is 18.3 Å². The minimum Gasteiger partial charge on any atom is -0.491 e. The molecule has 4 heteroatoms. The molecule has 166 valence electrons. The Kier molecular flexibility index (Phi) is 7.06. The summed E-state index contributed by atoms with van der Waals surface area (Å²) in [7, 11) is 0. The van der Waals surface area contributed by atoms with Gasteiger partial charge in [-0.05, 0) is 86.5 Å². The summed E-state index contributed by atoms with van der Waals surface area (Å²) in [6, 6.07) is 11.1. The topological polar surface area (TPSA) is 18.5 Å². The van der Waals surface area contributed by atoms with E-state index in [4.69, 9.17) is 9.47 Å². The maximum absolute atomic E-state index is 14.5. The van der Waals surface area contributed by atoms with E-state index in [1.54, 1.807) is 13.0 Å². The fraction of sp³-hybridized carbons (Fsp3) is 0.481. The standard InChI is InChI=1S/C27H32F2O2/c1-3-23-14-13-22(17-31-23)20-7-5-18(6-8-20)19-9-11-21(12-10-19)24-15-16-25(30-4-2)27(29)26(24)28/h3,9-12,15-16,18,20,22-23H,1,4-8,13-14,17H2,2H3. The molecule has 2 aromatic rings. The van der Waals surface area contributed by atoms with E-state index in [1.165, 1.54) is 43.7 Å². The molecule has 0 N–H and O–H groups in total. The second kappa shape index (κ2) is 9.95. The Bertz CT molecular complexity index is 877. The maximum atomic E-state index is 14.5. The van der Waals surface area contributed by atoms with Crippen LogP contribution in [-0.2, 0) is 4.74 Å². The zero-order valence-corrected chi connectivity index (χ0v) is 18.3. The molecule has 31 heavy (non-hydrogen) atoms. The molecular weight excluding hydrogens is 394 g/mol. The Hall–Kier alpha value is -2.20. The number of rotatable bonds is 6. The van der Waals surface area contributed by atoms with Crippen molar-refractivity contribution in [1.29, 1.82) is 0 Å². The lowest BCUT2D eigenvalue weighted by Gasteiger charge is -2.37. The summed E-state index contributed by atoms with van der Waals surface area (Å²) in [4.78, 5) is 0. The van der Waals surface area contributed by atoms with Crippen molar-refractivity contribution in [3.63, 3.8) is 0 Å². The van der Waals surface area contributed by atoms with Crippen molar-refractivity contribution in [3.8, 4) is 16.9 Å². The lowest BCUT2D eigenvalue weighted by atomic mass is 9.72. The Morgan fingerprint density at radius 1 is 0.935 bits per heavy atom. The third-order valence-electron chi connectivity index (χ3n) is 7.09.